The molecule has 0 bridgehead atoms. The largest absolute Gasteiger partial charge is 0.315 e. The quantitative estimate of drug-likeness (QED) is 0.842. The van der Waals surface area contributed by atoms with Crippen LogP contribution in [0.2, 0.25) is 0 Å². The molecule has 1 aromatic rings. The maximum Gasteiger partial charge on any atom is 0.244 e. The SMILES string of the molecule is CNCc1sccc1S(=O)(=O)N(CC(C)C)C(C)C. The van der Waals surface area contributed by atoms with Gasteiger partial charge >= 0.3 is 0 Å². The second kappa shape index (κ2) is 6.83. The van der Waals surface area contributed by atoms with E-state index in [-0.39, 0.29) is 6.04 Å². The van der Waals surface area contributed by atoms with Crippen molar-refractivity contribution < 1.29 is 8.42 Å². The van der Waals surface area contributed by atoms with Crippen molar-refractivity contribution in [2.45, 2.75) is 45.2 Å². The Labute approximate surface area is 120 Å². The zero-order valence-electron chi connectivity index (χ0n) is 12.3. The van der Waals surface area contributed by atoms with Crippen LogP contribution in [0, 0.1) is 5.92 Å². The topological polar surface area (TPSA) is 49.4 Å². The highest BCUT2D eigenvalue weighted by molar-refractivity contribution is 7.89. The van der Waals surface area contributed by atoms with E-state index in [9.17, 15) is 8.42 Å². The van der Waals surface area contributed by atoms with Crippen LogP contribution in [0.4, 0.5) is 0 Å². The van der Waals surface area contributed by atoms with Gasteiger partial charge in [-0.15, -0.1) is 11.3 Å². The number of rotatable bonds is 7. The fraction of sp³-hybridized carbons (Fsp3) is 0.692. The number of hydrogen-bond acceptors (Lipinski definition) is 4. The molecule has 0 radical (unpaired) electrons. The fourth-order valence-electron chi connectivity index (χ4n) is 1.92. The minimum Gasteiger partial charge on any atom is -0.315 e. The molecule has 0 saturated carbocycles. The molecule has 1 N–H and O–H groups in total. The van der Waals surface area contributed by atoms with Crippen molar-refractivity contribution >= 4 is 21.4 Å². The van der Waals surface area contributed by atoms with E-state index in [1.165, 1.54) is 11.3 Å². The third kappa shape index (κ3) is 4.02. The monoisotopic (exact) mass is 304 g/mol. The van der Waals surface area contributed by atoms with Crippen LogP contribution in [0.5, 0.6) is 0 Å². The average molecular weight is 304 g/mol. The molecule has 0 aliphatic rings. The number of thiophene rings is 1. The Balaban J connectivity index is 3.15. The Kier molecular flexibility index (Phi) is 5.98. The number of nitrogens with one attached hydrogen (secondary N) is 1. The zero-order chi connectivity index (χ0) is 14.6. The van der Waals surface area contributed by atoms with Gasteiger partial charge in [-0.3, -0.25) is 0 Å². The van der Waals surface area contributed by atoms with Crippen molar-refractivity contribution in [3.63, 3.8) is 0 Å². The van der Waals surface area contributed by atoms with Crippen molar-refractivity contribution in [3.05, 3.63) is 16.3 Å². The van der Waals surface area contributed by atoms with Crippen LogP contribution in [-0.2, 0) is 16.6 Å². The molecule has 1 aromatic heterocycles. The van der Waals surface area contributed by atoms with E-state index >= 15 is 0 Å². The minimum absolute atomic E-state index is 0.0327. The fourth-order valence-corrected chi connectivity index (χ4v) is 5.15. The molecule has 0 aromatic carbocycles. The Bertz CT molecular complexity index is 492. The van der Waals surface area contributed by atoms with Crippen LogP contribution >= 0.6 is 11.3 Å². The van der Waals surface area contributed by atoms with Gasteiger partial charge in [-0.1, -0.05) is 13.8 Å². The molecule has 0 aliphatic carbocycles. The zero-order valence-corrected chi connectivity index (χ0v) is 13.9. The Morgan fingerprint density at radius 1 is 1.32 bits per heavy atom. The van der Waals surface area contributed by atoms with Crippen molar-refractivity contribution in [2.24, 2.45) is 5.92 Å². The summed E-state index contributed by atoms with van der Waals surface area (Å²) in [6.45, 7) is 9.04. The molecule has 0 aliphatic heterocycles. The van der Waals surface area contributed by atoms with Gasteiger partial charge in [0, 0.05) is 24.0 Å². The lowest BCUT2D eigenvalue weighted by Crippen LogP contribution is -2.39. The van der Waals surface area contributed by atoms with Gasteiger partial charge in [-0.2, -0.15) is 4.31 Å². The molecule has 0 saturated heterocycles. The first-order chi connectivity index (χ1) is 8.80. The summed E-state index contributed by atoms with van der Waals surface area (Å²) in [7, 11) is -1.58. The Morgan fingerprint density at radius 2 is 1.95 bits per heavy atom. The third-order valence-corrected chi connectivity index (χ3v) is 5.93. The molecule has 0 atom stereocenters. The lowest BCUT2D eigenvalue weighted by atomic mass is 10.2. The van der Waals surface area contributed by atoms with Crippen molar-refractivity contribution in [1.82, 2.24) is 9.62 Å². The normalized spacial score (nSPS) is 12.8. The first-order valence-corrected chi connectivity index (χ1v) is 8.85. The lowest BCUT2D eigenvalue weighted by molar-refractivity contribution is 0.318. The van der Waals surface area contributed by atoms with Crippen LogP contribution in [0.25, 0.3) is 0 Å². The molecule has 6 heteroatoms. The molecule has 0 spiro atoms. The van der Waals surface area contributed by atoms with Crippen molar-refractivity contribution in [2.75, 3.05) is 13.6 Å². The second-order valence-electron chi connectivity index (χ2n) is 5.30. The molecule has 0 amide bonds. The van der Waals surface area contributed by atoms with E-state index < -0.39 is 10.0 Å². The van der Waals surface area contributed by atoms with E-state index in [0.717, 1.165) is 4.88 Å². The van der Waals surface area contributed by atoms with E-state index in [1.807, 2.05) is 40.1 Å². The molecule has 19 heavy (non-hydrogen) atoms. The first-order valence-electron chi connectivity index (χ1n) is 6.53. The summed E-state index contributed by atoms with van der Waals surface area (Å²) in [6.07, 6.45) is 0. The van der Waals surface area contributed by atoms with Crippen molar-refractivity contribution in [3.8, 4) is 0 Å². The second-order valence-corrected chi connectivity index (χ2v) is 8.16. The summed E-state index contributed by atoms with van der Waals surface area (Å²) in [6, 6.07) is 1.68. The van der Waals surface area contributed by atoms with E-state index in [4.69, 9.17) is 0 Å². The van der Waals surface area contributed by atoms with E-state index in [0.29, 0.717) is 23.9 Å². The third-order valence-electron chi connectivity index (χ3n) is 2.75. The van der Waals surface area contributed by atoms with Gasteiger partial charge < -0.3 is 5.32 Å². The minimum atomic E-state index is -3.40. The summed E-state index contributed by atoms with van der Waals surface area (Å²) in [5.74, 6) is 0.309. The molecule has 0 unspecified atom stereocenters. The lowest BCUT2D eigenvalue weighted by Gasteiger charge is -2.27. The maximum absolute atomic E-state index is 12.8. The van der Waals surface area contributed by atoms with Gasteiger partial charge in [0.25, 0.3) is 0 Å². The molecule has 1 heterocycles. The molecule has 110 valence electrons. The van der Waals surface area contributed by atoms with Crippen LogP contribution in [0.1, 0.15) is 32.6 Å². The van der Waals surface area contributed by atoms with Gasteiger partial charge in [-0.25, -0.2) is 8.42 Å². The molecule has 0 fully saturated rings. The van der Waals surface area contributed by atoms with Crippen LogP contribution in [-0.4, -0.2) is 32.4 Å². The molecule has 4 nitrogen and oxygen atoms in total. The first kappa shape index (κ1) is 16.6. The maximum atomic E-state index is 12.8. The summed E-state index contributed by atoms with van der Waals surface area (Å²) in [5, 5.41) is 4.86. The summed E-state index contributed by atoms with van der Waals surface area (Å²) in [5.41, 5.74) is 0. The number of hydrogen-bond donors (Lipinski definition) is 1. The highest BCUT2D eigenvalue weighted by Crippen LogP contribution is 2.27. The van der Waals surface area contributed by atoms with Crippen LogP contribution in [0.3, 0.4) is 0 Å². The smallest absolute Gasteiger partial charge is 0.244 e. The highest BCUT2D eigenvalue weighted by atomic mass is 32.2. The number of sulfonamides is 1. The van der Waals surface area contributed by atoms with Crippen LogP contribution < -0.4 is 5.32 Å². The van der Waals surface area contributed by atoms with Gasteiger partial charge in [0.15, 0.2) is 0 Å². The standard InChI is InChI=1S/C13H24N2O2S2/c1-10(2)9-15(11(3)4)19(16,17)13-6-7-18-12(13)8-14-5/h6-7,10-11,14H,8-9H2,1-5H3. The predicted molar refractivity (Wildman–Crippen MR) is 80.9 cm³/mol. The average Bonchev–Trinajstić information content (AvgIpc) is 2.74. The number of nitrogens with zero attached hydrogens (tertiary/aromatic N) is 1. The van der Waals surface area contributed by atoms with Gasteiger partial charge in [0.05, 0.1) is 4.90 Å². The predicted octanol–water partition coefficient (Wildman–Crippen LogP) is 2.52. The Morgan fingerprint density at radius 3 is 2.42 bits per heavy atom. The molecule has 1 rings (SSSR count). The van der Waals surface area contributed by atoms with Crippen LogP contribution in [0.15, 0.2) is 16.3 Å². The van der Waals surface area contributed by atoms with Gasteiger partial charge in [0.2, 0.25) is 10.0 Å². The van der Waals surface area contributed by atoms with Gasteiger partial charge in [-0.05, 0) is 38.3 Å². The highest BCUT2D eigenvalue weighted by Gasteiger charge is 2.30. The summed E-state index contributed by atoms with van der Waals surface area (Å²) in [4.78, 5) is 1.32. The van der Waals surface area contributed by atoms with E-state index in [1.54, 1.807) is 10.4 Å². The Hall–Kier alpha value is -0.430. The molecular formula is C13H24N2O2S2. The summed E-state index contributed by atoms with van der Waals surface area (Å²) < 4.78 is 27.1. The van der Waals surface area contributed by atoms with Crippen molar-refractivity contribution in [1.29, 1.82) is 0 Å². The molecular weight excluding hydrogens is 280 g/mol. The van der Waals surface area contributed by atoms with Gasteiger partial charge in [0.1, 0.15) is 0 Å². The van der Waals surface area contributed by atoms with E-state index in [2.05, 4.69) is 5.32 Å². The summed E-state index contributed by atoms with van der Waals surface area (Å²) >= 11 is 1.48.